The van der Waals surface area contributed by atoms with Crippen molar-refractivity contribution in [2.75, 3.05) is 0 Å². The lowest BCUT2D eigenvalue weighted by atomic mass is 10.1. The first-order valence-corrected chi connectivity index (χ1v) is 6.10. The molecule has 0 bridgehead atoms. The van der Waals surface area contributed by atoms with Crippen LogP contribution >= 0.6 is 11.6 Å². The van der Waals surface area contributed by atoms with Crippen LogP contribution in [0.15, 0.2) is 23.3 Å². The van der Waals surface area contributed by atoms with Gasteiger partial charge in [0.25, 0.3) is 5.91 Å². The third-order valence-electron chi connectivity index (χ3n) is 2.26. The van der Waals surface area contributed by atoms with Gasteiger partial charge in [-0.15, -0.1) is 0 Å². The summed E-state index contributed by atoms with van der Waals surface area (Å²) in [5, 5.41) is 13.9. The van der Waals surface area contributed by atoms with Gasteiger partial charge in [0.15, 0.2) is 0 Å². The molecule has 0 fully saturated rings. The summed E-state index contributed by atoms with van der Waals surface area (Å²) in [7, 11) is 0. The van der Waals surface area contributed by atoms with Gasteiger partial charge in [0.05, 0.1) is 5.56 Å². The van der Waals surface area contributed by atoms with Crippen molar-refractivity contribution >= 4 is 23.2 Å². The summed E-state index contributed by atoms with van der Waals surface area (Å²) < 4.78 is 0. The largest absolute Gasteiger partial charge is 0.507 e. The van der Waals surface area contributed by atoms with Crippen molar-refractivity contribution in [1.82, 2.24) is 5.43 Å². The Morgan fingerprint density at radius 2 is 2.17 bits per heavy atom. The number of phenols is 1. The molecule has 0 aliphatic rings. The number of amides is 1. The predicted octanol–water partition coefficient (Wildman–Crippen LogP) is 3.20. The van der Waals surface area contributed by atoms with Gasteiger partial charge in [-0.05, 0) is 37.5 Å². The molecule has 2 N–H and O–H groups in total. The first-order chi connectivity index (χ1) is 8.40. The van der Waals surface area contributed by atoms with Gasteiger partial charge in [-0.3, -0.25) is 4.79 Å². The van der Waals surface area contributed by atoms with Crippen LogP contribution in [0.4, 0.5) is 0 Å². The van der Waals surface area contributed by atoms with Gasteiger partial charge in [0.2, 0.25) is 0 Å². The van der Waals surface area contributed by atoms with Gasteiger partial charge >= 0.3 is 0 Å². The summed E-state index contributed by atoms with van der Waals surface area (Å²) in [6.07, 6.45) is 0.812. The molecule has 0 aliphatic heterocycles. The quantitative estimate of drug-likeness (QED) is 0.651. The molecule has 1 amide bonds. The normalized spacial score (nSPS) is 11.7. The number of rotatable bonds is 4. The molecule has 0 aliphatic carbocycles. The standard InChI is InChI=1S/C13H17ClN2O2/c1-8(2)6-9(3)15-16-13(18)11-5-4-10(14)7-12(11)17/h4-5,7-8,17H,6H2,1-3H3,(H,16,18)/b15-9+. The Kier molecular flexibility index (Phi) is 5.16. The number of hydrazone groups is 1. The average molecular weight is 269 g/mol. The van der Waals surface area contributed by atoms with E-state index in [2.05, 4.69) is 24.4 Å². The topological polar surface area (TPSA) is 61.7 Å². The molecule has 1 aromatic carbocycles. The van der Waals surface area contributed by atoms with Crippen LogP contribution < -0.4 is 5.43 Å². The van der Waals surface area contributed by atoms with Gasteiger partial charge < -0.3 is 5.11 Å². The third-order valence-corrected chi connectivity index (χ3v) is 2.49. The lowest BCUT2D eigenvalue weighted by Gasteiger charge is -2.06. The van der Waals surface area contributed by atoms with Gasteiger partial charge in [0.1, 0.15) is 5.75 Å². The maximum Gasteiger partial charge on any atom is 0.275 e. The van der Waals surface area contributed by atoms with E-state index in [1.54, 1.807) is 6.07 Å². The van der Waals surface area contributed by atoms with Crippen LogP contribution in [0.1, 0.15) is 37.6 Å². The Morgan fingerprint density at radius 3 is 2.72 bits per heavy atom. The lowest BCUT2D eigenvalue weighted by Crippen LogP contribution is -2.19. The number of aromatic hydroxyl groups is 1. The van der Waals surface area contributed by atoms with Gasteiger partial charge in [0, 0.05) is 10.7 Å². The second-order valence-corrected chi connectivity index (χ2v) is 4.98. The first kappa shape index (κ1) is 14.5. The highest BCUT2D eigenvalue weighted by Gasteiger charge is 2.10. The monoisotopic (exact) mass is 268 g/mol. The van der Waals surface area contributed by atoms with E-state index in [9.17, 15) is 9.90 Å². The Labute approximate surface area is 112 Å². The molecule has 0 saturated heterocycles. The van der Waals surface area contributed by atoms with Gasteiger partial charge in [-0.25, -0.2) is 5.43 Å². The van der Waals surface area contributed by atoms with Gasteiger partial charge in [-0.2, -0.15) is 5.10 Å². The molecule has 0 spiro atoms. The number of nitrogens with one attached hydrogen (secondary N) is 1. The number of phenolic OH excluding ortho intramolecular Hbond substituents is 1. The summed E-state index contributed by atoms with van der Waals surface area (Å²) in [6, 6.07) is 4.32. The van der Waals surface area contributed by atoms with Crippen LogP contribution in [-0.2, 0) is 0 Å². The molecule has 1 rings (SSSR count). The number of halogens is 1. The average Bonchev–Trinajstić information content (AvgIpc) is 2.25. The molecule has 1 aromatic rings. The van der Waals surface area contributed by atoms with Crippen molar-refractivity contribution in [3.8, 4) is 5.75 Å². The maximum atomic E-state index is 11.7. The Morgan fingerprint density at radius 1 is 1.50 bits per heavy atom. The molecular formula is C13H17ClN2O2. The van der Waals surface area contributed by atoms with Crippen LogP contribution in [0.5, 0.6) is 5.75 Å². The zero-order valence-electron chi connectivity index (χ0n) is 10.7. The molecule has 4 nitrogen and oxygen atoms in total. The van der Waals surface area contributed by atoms with Crippen LogP contribution in [0, 0.1) is 5.92 Å². The van der Waals surface area contributed by atoms with Crippen molar-refractivity contribution in [3.05, 3.63) is 28.8 Å². The number of nitrogens with zero attached hydrogens (tertiary/aromatic N) is 1. The van der Waals surface area contributed by atoms with E-state index in [1.165, 1.54) is 12.1 Å². The summed E-state index contributed by atoms with van der Waals surface area (Å²) in [5.41, 5.74) is 3.40. The summed E-state index contributed by atoms with van der Waals surface area (Å²) in [5.74, 6) is -0.126. The van der Waals surface area contributed by atoms with E-state index >= 15 is 0 Å². The molecule has 5 heteroatoms. The maximum absolute atomic E-state index is 11.7. The second-order valence-electron chi connectivity index (χ2n) is 4.55. The molecule has 0 heterocycles. The van der Waals surface area contributed by atoms with Crippen molar-refractivity contribution in [2.45, 2.75) is 27.2 Å². The number of benzene rings is 1. The van der Waals surface area contributed by atoms with Crippen LogP contribution in [-0.4, -0.2) is 16.7 Å². The fourth-order valence-corrected chi connectivity index (χ4v) is 1.71. The molecule has 98 valence electrons. The molecule has 0 saturated carbocycles. The highest BCUT2D eigenvalue weighted by atomic mass is 35.5. The molecule has 18 heavy (non-hydrogen) atoms. The first-order valence-electron chi connectivity index (χ1n) is 5.72. The van der Waals surface area contributed by atoms with E-state index in [0.29, 0.717) is 10.9 Å². The van der Waals surface area contributed by atoms with E-state index in [0.717, 1.165) is 12.1 Å². The Hall–Kier alpha value is -1.55. The molecular weight excluding hydrogens is 252 g/mol. The van der Waals surface area contributed by atoms with Crippen molar-refractivity contribution in [3.63, 3.8) is 0 Å². The minimum Gasteiger partial charge on any atom is -0.507 e. The lowest BCUT2D eigenvalue weighted by molar-refractivity contribution is 0.0952. The number of carbonyl (C=O) groups excluding carboxylic acids is 1. The van der Waals surface area contributed by atoms with Crippen molar-refractivity contribution < 1.29 is 9.90 Å². The van der Waals surface area contributed by atoms with Crippen LogP contribution in [0.25, 0.3) is 0 Å². The van der Waals surface area contributed by atoms with E-state index in [-0.39, 0.29) is 11.3 Å². The highest BCUT2D eigenvalue weighted by molar-refractivity contribution is 6.30. The van der Waals surface area contributed by atoms with E-state index in [4.69, 9.17) is 11.6 Å². The van der Waals surface area contributed by atoms with Crippen molar-refractivity contribution in [1.29, 1.82) is 0 Å². The minimum atomic E-state index is -0.452. The second kappa shape index (κ2) is 6.40. The van der Waals surface area contributed by atoms with E-state index in [1.807, 2.05) is 6.92 Å². The number of hydrogen-bond donors (Lipinski definition) is 2. The zero-order chi connectivity index (χ0) is 13.7. The fourth-order valence-electron chi connectivity index (χ4n) is 1.54. The zero-order valence-corrected chi connectivity index (χ0v) is 11.5. The third kappa shape index (κ3) is 4.37. The molecule has 0 aromatic heterocycles. The van der Waals surface area contributed by atoms with Crippen LogP contribution in [0.3, 0.4) is 0 Å². The molecule has 0 unspecified atom stereocenters. The van der Waals surface area contributed by atoms with E-state index < -0.39 is 5.91 Å². The number of hydrogen-bond acceptors (Lipinski definition) is 3. The Bertz CT molecular complexity index is 470. The fraction of sp³-hybridized carbons (Fsp3) is 0.385. The Balaban J connectivity index is 2.71. The summed E-state index contributed by atoms with van der Waals surface area (Å²) in [4.78, 5) is 11.7. The molecule has 0 atom stereocenters. The van der Waals surface area contributed by atoms with Crippen molar-refractivity contribution in [2.24, 2.45) is 11.0 Å². The van der Waals surface area contributed by atoms with Crippen LogP contribution in [0.2, 0.25) is 5.02 Å². The predicted molar refractivity (Wildman–Crippen MR) is 73.1 cm³/mol. The molecule has 0 radical (unpaired) electrons. The minimum absolute atomic E-state index is 0.153. The van der Waals surface area contributed by atoms with Gasteiger partial charge in [-0.1, -0.05) is 25.4 Å². The highest BCUT2D eigenvalue weighted by Crippen LogP contribution is 2.21. The number of carbonyl (C=O) groups is 1. The smallest absolute Gasteiger partial charge is 0.275 e. The summed E-state index contributed by atoms with van der Waals surface area (Å²) in [6.45, 7) is 6.00. The summed E-state index contributed by atoms with van der Waals surface area (Å²) >= 11 is 5.69. The SMILES string of the molecule is C/C(CC(C)C)=N\NC(=O)c1ccc(Cl)cc1O.